The van der Waals surface area contributed by atoms with Gasteiger partial charge in [-0.15, -0.1) is 24.8 Å². The van der Waals surface area contributed by atoms with Crippen molar-refractivity contribution in [3.05, 3.63) is 0 Å². The molecule has 0 saturated carbocycles. The summed E-state index contributed by atoms with van der Waals surface area (Å²) in [5.41, 5.74) is 2.41. The van der Waals surface area contributed by atoms with Crippen molar-refractivity contribution in [1.29, 1.82) is 0 Å². The topological polar surface area (TPSA) is 67.2 Å². The minimum atomic E-state index is -0.0275. The van der Waals surface area contributed by atoms with Crippen molar-refractivity contribution in [3.63, 3.8) is 0 Å². The number of rotatable bonds is 3. The average molecular weight is 190 g/mol. The number of hydrogen-bond donors (Lipinski definition) is 3. The molecule has 0 aromatic carbocycles. The van der Waals surface area contributed by atoms with E-state index in [0.717, 1.165) is 0 Å². The van der Waals surface area contributed by atoms with E-state index in [0.29, 0.717) is 13.1 Å². The van der Waals surface area contributed by atoms with Crippen molar-refractivity contribution in [3.8, 4) is 0 Å². The number of carbonyl (C=O) groups is 1. The van der Waals surface area contributed by atoms with E-state index in [9.17, 15) is 4.79 Å². The summed E-state index contributed by atoms with van der Waals surface area (Å²) < 4.78 is 0. The predicted octanol–water partition coefficient (Wildman–Crippen LogP) is -0.571. The molecule has 64 valence electrons. The molecule has 0 rings (SSSR count). The highest BCUT2D eigenvalue weighted by Gasteiger charge is 1.85. The lowest BCUT2D eigenvalue weighted by Gasteiger charge is -1.97. The molecule has 0 aliphatic carbocycles. The van der Waals surface area contributed by atoms with Crippen LogP contribution in [0.5, 0.6) is 0 Å². The normalized spacial score (nSPS) is 7.00. The molecule has 0 aromatic heterocycles. The molecule has 0 aliphatic heterocycles. The Morgan fingerprint density at radius 3 is 2.20 bits per heavy atom. The highest BCUT2D eigenvalue weighted by atomic mass is 35.5. The highest BCUT2D eigenvalue weighted by molar-refractivity contribution is 5.85. The molecular formula is C4H13Cl2N3O. The summed E-state index contributed by atoms with van der Waals surface area (Å²) in [4.78, 5) is 10.1. The molecule has 0 aliphatic rings. The third-order valence-electron chi connectivity index (χ3n) is 0.643. The lowest BCUT2D eigenvalue weighted by atomic mass is 10.6. The van der Waals surface area contributed by atoms with Crippen molar-refractivity contribution < 1.29 is 4.79 Å². The monoisotopic (exact) mass is 189 g/mol. The van der Waals surface area contributed by atoms with Gasteiger partial charge in [0.05, 0.1) is 0 Å². The maximum atomic E-state index is 10.1. The van der Waals surface area contributed by atoms with Crippen molar-refractivity contribution in [2.75, 3.05) is 13.1 Å². The Bertz CT molecular complexity index is 80.9. The SMILES string of the molecule is CC(=O)NCCNN.Cl.Cl. The molecule has 4 N–H and O–H groups in total. The van der Waals surface area contributed by atoms with Gasteiger partial charge >= 0.3 is 0 Å². The van der Waals surface area contributed by atoms with Crippen LogP contribution in [0.25, 0.3) is 0 Å². The molecule has 0 saturated heterocycles. The van der Waals surface area contributed by atoms with Crippen LogP contribution in [0.15, 0.2) is 0 Å². The molecule has 6 heteroatoms. The van der Waals surface area contributed by atoms with E-state index >= 15 is 0 Å². The van der Waals surface area contributed by atoms with Gasteiger partial charge in [-0.25, -0.2) is 0 Å². The summed E-state index contributed by atoms with van der Waals surface area (Å²) in [5.74, 6) is 4.89. The molecule has 0 aromatic rings. The molecule has 10 heavy (non-hydrogen) atoms. The maximum absolute atomic E-state index is 10.1. The first-order valence-corrected chi connectivity index (χ1v) is 2.45. The molecule has 1 amide bonds. The van der Waals surface area contributed by atoms with Crippen LogP contribution in [0.3, 0.4) is 0 Å². The quantitative estimate of drug-likeness (QED) is 0.317. The second-order valence-electron chi connectivity index (χ2n) is 1.44. The van der Waals surface area contributed by atoms with Crippen molar-refractivity contribution in [1.82, 2.24) is 10.7 Å². The number of nitrogens with two attached hydrogens (primary N) is 1. The van der Waals surface area contributed by atoms with Gasteiger partial charge in [0, 0.05) is 20.0 Å². The lowest BCUT2D eigenvalue weighted by Crippen LogP contribution is -2.33. The number of nitrogens with one attached hydrogen (secondary N) is 2. The van der Waals surface area contributed by atoms with Gasteiger partial charge in [-0.05, 0) is 0 Å². The van der Waals surface area contributed by atoms with Crippen molar-refractivity contribution >= 4 is 30.7 Å². The zero-order valence-electron chi connectivity index (χ0n) is 5.72. The van der Waals surface area contributed by atoms with Gasteiger partial charge < -0.3 is 5.32 Å². The van der Waals surface area contributed by atoms with Crippen LogP contribution < -0.4 is 16.6 Å². The molecule has 0 bridgehead atoms. The predicted molar refractivity (Wildman–Crippen MR) is 45.4 cm³/mol. The van der Waals surface area contributed by atoms with Crippen LogP contribution >= 0.6 is 24.8 Å². The fourth-order valence-electron chi connectivity index (χ4n) is 0.311. The largest absolute Gasteiger partial charge is 0.355 e. The lowest BCUT2D eigenvalue weighted by molar-refractivity contribution is -0.118. The van der Waals surface area contributed by atoms with Gasteiger partial charge in [0.25, 0.3) is 0 Å². The van der Waals surface area contributed by atoms with E-state index in [2.05, 4.69) is 10.7 Å². The van der Waals surface area contributed by atoms with E-state index < -0.39 is 0 Å². The summed E-state index contributed by atoms with van der Waals surface area (Å²) in [7, 11) is 0. The second-order valence-corrected chi connectivity index (χ2v) is 1.44. The Hall–Kier alpha value is -0.0300. The van der Waals surface area contributed by atoms with Crippen LogP contribution in [-0.2, 0) is 4.79 Å². The second kappa shape index (κ2) is 11.7. The van der Waals surface area contributed by atoms with Crippen LogP contribution in [0.2, 0.25) is 0 Å². The Balaban J connectivity index is -0.000000245. The highest BCUT2D eigenvalue weighted by Crippen LogP contribution is 1.56. The van der Waals surface area contributed by atoms with E-state index in [4.69, 9.17) is 5.84 Å². The summed E-state index contributed by atoms with van der Waals surface area (Å²) in [6, 6.07) is 0. The summed E-state index contributed by atoms with van der Waals surface area (Å²) >= 11 is 0. The van der Waals surface area contributed by atoms with E-state index in [-0.39, 0.29) is 30.7 Å². The van der Waals surface area contributed by atoms with E-state index in [1.807, 2.05) is 0 Å². The zero-order valence-corrected chi connectivity index (χ0v) is 7.35. The molecule has 0 unspecified atom stereocenters. The van der Waals surface area contributed by atoms with Gasteiger partial charge in [0.15, 0.2) is 0 Å². The maximum Gasteiger partial charge on any atom is 0.216 e. The minimum absolute atomic E-state index is 0. The van der Waals surface area contributed by atoms with Crippen LogP contribution in [0.4, 0.5) is 0 Å². The third kappa shape index (κ3) is 15.7. The smallest absolute Gasteiger partial charge is 0.216 e. The molecule has 0 spiro atoms. The van der Waals surface area contributed by atoms with Gasteiger partial charge in [0.1, 0.15) is 0 Å². The molecule has 4 nitrogen and oxygen atoms in total. The van der Waals surface area contributed by atoms with E-state index in [1.165, 1.54) is 6.92 Å². The standard InChI is InChI=1S/C4H11N3O.2ClH/c1-4(8)6-2-3-7-5;;/h7H,2-3,5H2,1H3,(H,6,8);2*1H. The van der Waals surface area contributed by atoms with Gasteiger partial charge in [-0.1, -0.05) is 0 Å². The number of hydrogen-bond acceptors (Lipinski definition) is 3. The summed E-state index contributed by atoms with van der Waals surface area (Å²) in [5, 5.41) is 2.56. The Morgan fingerprint density at radius 2 is 1.90 bits per heavy atom. The first-order valence-electron chi connectivity index (χ1n) is 2.45. The van der Waals surface area contributed by atoms with Gasteiger partial charge in [-0.2, -0.15) is 0 Å². The molecule has 0 heterocycles. The number of hydrazine groups is 1. The Kier molecular flexibility index (Phi) is 19.4. The Labute approximate surface area is 72.7 Å². The fraction of sp³-hybridized carbons (Fsp3) is 0.750. The average Bonchev–Trinajstić information content (AvgIpc) is 1.66. The third-order valence-corrected chi connectivity index (χ3v) is 0.643. The Morgan fingerprint density at radius 1 is 1.40 bits per heavy atom. The first-order chi connectivity index (χ1) is 3.77. The van der Waals surface area contributed by atoms with Crippen molar-refractivity contribution in [2.45, 2.75) is 6.92 Å². The van der Waals surface area contributed by atoms with Gasteiger partial charge in [0.2, 0.25) is 5.91 Å². The van der Waals surface area contributed by atoms with E-state index in [1.54, 1.807) is 0 Å². The first kappa shape index (κ1) is 16.5. The summed E-state index contributed by atoms with van der Waals surface area (Å²) in [6.45, 7) is 2.67. The number of amides is 1. The number of carbonyl (C=O) groups excluding carboxylic acids is 1. The zero-order chi connectivity index (χ0) is 6.41. The molecule has 0 fully saturated rings. The molecule has 0 atom stereocenters. The molecule has 0 radical (unpaired) electrons. The van der Waals surface area contributed by atoms with Gasteiger partial charge in [-0.3, -0.25) is 16.1 Å². The minimum Gasteiger partial charge on any atom is -0.355 e. The van der Waals surface area contributed by atoms with Crippen LogP contribution in [0.1, 0.15) is 6.92 Å². The van der Waals surface area contributed by atoms with Crippen LogP contribution in [-0.4, -0.2) is 19.0 Å². The van der Waals surface area contributed by atoms with Crippen LogP contribution in [0, 0.1) is 0 Å². The fourth-order valence-corrected chi connectivity index (χ4v) is 0.311. The van der Waals surface area contributed by atoms with Crippen molar-refractivity contribution in [2.24, 2.45) is 5.84 Å². The molecular weight excluding hydrogens is 177 g/mol. The number of halogens is 2. The summed E-state index contributed by atoms with van der Waals surface area (Å²) in [6.07, 6.45) is 0.